The van der Waals surface area contributed by atoms with Crippen LogP contribution < -0.4 is 11.4 Å². The van der Waals surface area contributed by atoms with E-state index in [2.05, 4.69) is 4.52 Å². The SMILES string of the molecule is CC(C)n1c(=O)on(S(=O)(=O)c2ccccc2)c1=O. The van der Waals surface area contributed by atoms with Gasteiger partial charge in [-0.25, -0.2) is 14.2 Å². The van der Waals surface area contributed by atoms with Crippen LogP contribution in [0.1, 0.15) is 19.9 Å². The van der Waals surface area contributed by atoms with Crippen LogP contribution in [-0.2, 0) is 10.0 Å². The van der Waals surface area contributed by atoms with Gasteiger partial charge in [-0.1, -0.05) is 18.2 Å². The second-order valence-corrected chi connectivity index (χ2v) is 5.90. The smallest absolute Gasteiger partial charge is 0.301 e. The maximum atomic E-state index is 12.2. The zero-order valence-electron chi connectivity index (χ0n) is 10.3. The molecule has 0 amide bonds. The van der Waals surface area contributed by atoms with Gasteiger partial charge in [0.25, 0.3) is 10.0 Å². The average Bonchev–Trinajstić information content (AvgIpc) is 2.66. The van der Waals surface area contributed by atoms with Crippen molar-refractivity contribution in [2.24, 2.45) is 0 Å². The topological polar surface area (TPSA) is 91.3 Å². The Bertz CT molecular complexity index is 796. The van der Waals surface area contributed by atoms with Gasteiger partial charge in [0.05, 0.1) is 4.90 Å². The summed E-state index contributed by atoms with van der Waals surface area (Å²) >= 11 is 0. The Labute approximate surface area is 108 Å². The van der Waals surface area contributed by atoms with Crippen molar-refractivity contribution >= 4 is 10.0 Å². The monoisotopic (exact) mass is 284 g/mol. The van der Waals surface area contributed by atoms with Gasteiger partial charge in [0, 0.05) is 6.04 Å². The van der Waals surface area contributed by atoms with Gasteiger partial charge in [-0.2, -0.15) is 8.42 Å². The molecule has 2 aromatic rings. The molecule has 0 radical (unpaired) electrons. The number of nitrogens with zero attached hydrogens (tertiary/aromatic N) is 2. The van der Waals surface area contributed by atoms with Crippen LogP contribution in [0, 0.1) is 0 Å². The molecule has 0 unspecified atom stereocenters. The van der Waals surface area contributed by atoms with Gasteiger partial charge in [0.2, 0.25) is 0 Å². The van der Waals surface area contributed by atoms with E-state index in [0.29, 0.717) is 0 Å². The minimum atomic E-state index is -4.19. The fraction of sp³-hybridized carbons (Fsp3) is 0.273. The van der Waals surface area contributed by atoms with Crippen molar-refractivity contribution in [2.75, 3.05) is 0 Å². The molecule has 1 aromatic carbocycles. The van der Waals surface area contributed by atoms with Crippen LogP contribution in [0.5, 0.6) is 0 Å². The van der Waals surface area contributed by atoms with Crippen molar-refractivity contribution in [2.45, 2.75) is 24.8 Å². The summed E-state index contributed by atoms with van der Waals surface area (Å²) < 4.78 is 29.7. The van der Waals surface area contributed by atoms with E-state index in [1.54, 1.807) is 19.9 Å². The number of benzene rings is 1. The maximum absolute atomic E-state index is 12.2. The molecule has 0 aliphatic rings. The third-order valence-corrected chi connectivity index (χ3v) is 4.03. The predicted molar refractivity (Wildman–Crippen MR) is 66.6 cm³/mol. The van der Waals surface area contributed by atoms with Gasteiger partial charge in [0.1, 0.15) is 0 Å². The summed E-state index contributed by atoms with van der Waals surface area (Å²) in [5.74, 6) is -1.00. The summed E-state index contributed by atoms with van der Waals surface area (Å²) in [6.45, 7) is 3.16. The number of hydrogen-bond donors (Lipinski definition) is 0. The molecule has 0 spiro atoms. The molecule has 2 rings (SSSR count). The van der Waals surface area contributed by atoms with Gasteiger partial charge in [-0.3, -0.25) is 0 Å². The Morgan fingerprint density at radius 2 is 1.68 bits per heavy atom. The van der Waals surface area contributed by atoms with Crippen LogP contribution >= 0.6 is 0 Å². The van der Waals surface area contributed by atoms with E-state index in [1.165, 1.54) is 24.3 Å². The van der Waals surface area contributed by atoms with Crippen LogP contribution in [0.3, 0.4) is 0 Å². The van der Waals surface area contributed by atoms with Crippen LogP contribution in [0.4, 0.5) is 0 Å². The highest BCUT2D eigenvalue weighted by molar-refractivity contribution is 7.89. The van der Waals surface area contributed by atoms with Crippen LogP contribution in [-0.4, -0.2) is 17.1 Å². The molecule has 0 N–H and O–H groups in total. The molecule has 7 nitrogen and oxygen atoms in total. The molecule has 19 heavy (non-hydrogen) atoms. The van der Waals surface area contributed by atoms with Gasteiger partial charge >= 0.3 is 11.4 Å². The van der Waals surface area contributed by atoms with Crippen molar-refractivity contribution < 1.29 is 12.9 Å². The summed E-state index contributed by atoms with van der Waals surface area (Å²) in [5, 5.41) is 0. The lowest BCUT2D eigenvalue weighted by atomic mass is 10.4. The first kappa shape index (κ1) is 13.3. The minimum absolute atomic E-state index is 0.116. The Hall–Kier alpha value is -2.09. The lowest BCUT2D eigenvalue weighted by Gasteiger charge is -2.02. The predicted octanol–water partition coefficient (Wildman–Crippen LogP) is 0.421. The van der Waals surface area contributed by atoms with E-state index < -0.39 is 27.5 Å². The highest BCUT2D eigenvalue weighted by Gasteiger charge is 2.25. The highest BCUT2D eigenvalue weighted by atomic mass is 32.2. The highest BCUT2D eigenvalue weighted by Crippen LogP contribution is 2.10. The van der Waals surface area contributed by atoms with E-state index in [4.69, 9.17) is 0 Å². The Balaban J connectivity index is 2.71. The Morgan fingerprint density at radius 1 is 1.11 bits per heavy atom. The molecular weight excluding hydrogens is 272 g/mol. The van der Waals surface area contributed by atoms with Crippen LogP contribution in [0.15, 0.2) is 49.3 Å². The fourth-order valence-corrected chi connectivity index (χ4v) is 2.74. The molecule has 0 bridgehead atoms. The first-order valence-corrected chi connectivity index (χ1v) is 6.95. The number of rotatable bonds is 3. The quantitative estimate of drug-likeness (QED) is 0.814. The van der Waals surface area contributed by atoms with Crippen molar-refractivity contribution in [1.29, 1.82) is 0 Å². The van der Waals surface area contributed by atoms with Gasteiger partial charge in [-0.05, 0) is 30.1 Å². The van der Waals surface area contributed by atoms with Crippen LogP contribution in [0.2, 0.25) is 0 Å². The van der Waals surface area contributed by atoms with Crippen molar-refractivity contribution in [1.82, 2.24) is 8.71 Å². The second-order valence-electron chi connectivity index (χ2n) is 4.15. The maximum Gasteiger partial charge on any atom is 0.443 e. The molecule has 0 aliphatic heterocycles. The zero-order chi connectivity index (χ0) is 14.2. The molecular formula is C11H12N2O5S. The summed E-state index contributed by atoms with van der Waals surface area (Å²) in [6.07, 6.45) is 0. The van der Waals surface area contributed by atoms with Gasteiger partial charge in [-0.15, -0.1) is 0 Å². The van der Waals surface area contributed by atoms with Crippen molar-refractivity contribution in [3.05, 3.63) is 51.4 Å². The molecule has 0 saturated heterocycles. The average molecular weight is 284 g/mol. The lowest BCUT2D eigenvalue weighted by Crippen LogP contribution is -2.32. The summed E-state index contributed by atoms with van der Waals surface area (Å²) in [6, 6.07) is 6.79. The van der Waals surface area contributed by atoms with Gasteiger partial charge < -0.3 is 4.52 Å². The standard InChI is InChI=1S/C11H12N2O5S/c1-8(2)12-10(14)13(18-11(12)15)19(16,17)9-6-4-3-5-7-9/h3-8H,1-2H3. The van der Waals surface area contributed by atoms with E-state index in [0.717, 1.165) is 4.57 Å². The third kappa shape index (κ3) is 2.14. The summed E-state index contributed by atoms with van der Waals surface area (Å²) in [7, 11) is -4.19. The second kappa shape index (κ2) is 4.54. The van der Waals surface area contributed by atoms with Crippen LogP contribution in [0.25, 0.3) is 0 Å². The van der Waals surface area contributed by atoms with E-state index >= 15 is 0 Å². The number of hydrogen-bond acceptors (Lipinski definition) is 5. The minimum Gasteiger partial charge on any atom is -0.301 e. The van der Waals surface area contributed by atoms with E-state index in [-0.39, 0.29) is 9.04 Å². The summed E-state index contributed by atoms with van der Waals surface area (Å²) in [4.78, 5) is 23.3. The molecule has 0 fully saturated rings. The molecule has 1 heterocycles. The largest absolute Gasteiger partial charge is 0.443 e. The normalized spacial score (nSPS) is 11.9. The van der Waals surface area contributed by atoms with E-state index in [9.17, 15) is 18.0 Å². The molecule has 0 atom stereocenters. The molecule has 102 valence electrons. The number of aromatic nitrogens is 2. The zero-order valence-corrected chi connectivity index (χ0v) is 11.1. The van der Waals surface area contributed by atoms with Crippen molar-refractivity contribution in [3.8, 4) is 0 Å². The lowest BCUT2D eigenvalue weighted by molar-refractivity contribution is 0.328. The Morgan fingerprint density at radius 3 is 2.16 bits per heavy atom. The third-order valence-electron chi connectivity index (χ3n) is 2.50. The first-order chi connectivity index (χ1) is 8.85. The molecule has 0 aliphatic carbocycles. The Kier molecular flexibility index (Phi) is 3.19. The molecule has 0 saturated carbocycles. The molecule has 1 aromatic heterocycles. The summed E-state index contributed by atoms with van der Waals surface area (Å²) in [5.41, 5.74) is -1.01. The first-order valence-electron chi connectivity index (χ1n) is 5.51. The molecule has 8 heteroatoms. The van der Waals surface area contributed by atoms with E-state index in [1.807, 2.05) is 0 Å². The fourth-order valence-electron chi connectivity index (χ4n) is 1.59. The van der Waals surface area contributed by atoms with Gasteiger partial charge in [0.15, 0.2) is 0 Å². The van der Waals surface area contributed by atoms with Crippen molar-refractivity contribution in [3.63, 3.8) is 0 Å².